The van der Waals surface area contributed by atoms with Crippen molar-refractivity contribution in [1.29, 1.82) is 0 Å². The summed E-state index contributed by atoms with van der Waals surface area (Å²) in [5.74, 6) is 0.487. The molecule has 0 unspecified atom stereocenters. The van der Waals surface area contributed by atoms with E-state index < -0.39 is 5.97 Å². The van der Waals surface area contributed by atoms with E-state index in [0.717, 1.165) is 30.2 Å². The molecule has 9 nitrogen and oxygen atoms in total. The van der Waals surface area contributed by atoms with Gasteiger partial charge in [0.2, 0.25) is 0 Å². The Balaban J connectivity index is 1.48. The fraction of sp³-hybridized carbons (Fsp3) is 0.167. The van der Waals surface area contributed by atoms with Crippen LogP contribution >= 0.6 is 0 Å². The van der Waals surface area contributed by atoms with Gasteiger partial charge < -0.3 is 14.7 Å². The average Bonchev–Trinajstić information content (AvgIpc) is 3.29. The average molecular weight is 442 g/mol. The summed E-state index contributed by atoms with van der Waals surface area (Å²) in [5, 5.41) is 18.2. The Labute approximate surface area is 189 Å². The molecule has 2 N–H and O–H groups in total. The molecule has 0 aliphatic carbocycles. The number of hydrazone groups is 1. The fourth-order valence-electron chi connectivity index (χ4n) is 3.71. The van der Waals surface area contributed by atoms with Crippen molar-refractivity contribution < 1.29 is 14.6 Å². The molecule has 166 valence electrons. The van der Waals surface area contributed by atoms with Crippen molar-refractivity contribution in [2.24, 2.45) is 5.10 Å². The molecule has 0 bridgehead atoms. The quantitative estimate of drug-likeness (QED) is 0.348. The second-order valence-corrected chi connectivity index (χ2v) is 7.57. The van der Waals surface area contributed by atoms with Crippen LogP contribution in [0.15, 0.2) is 71.8 Å². The van der Waals surface area contributed by atoms with Gasteiger partial charge in [-0.3, -0.25) is 5.43 Å². The molecular formula is C24H22N6O3. The molecule has 1 fully saturated rings. The Morgan fingerprint density at radius 2 is 1.88 bits per heavy atom. The van der Waals surface area contributed by atoms with Crippen LogP contribution in [0.4, 0.5) is 11.6 Å². The molecule has 1 aliphatic heterocycles. The van der Waals surface area contributed by atoms with Crippen molar-refractivity contribution >= 4 is 29.5 Å². The molecule has 2 aromatic heterocycles. The number of aromatic nitrogens is 3. The first-order valence-electron chi connectivity index (χ1n) is 10.6. The monoisotopic (exact) mass is 442 g/mol. The number of fused-ring (bicyclic) bond motifs is 1. The molecule has 0 atom stereocenters. The van der Waals surface area contributed by atoms with E-state index in [1.807, 2.05) is 47.0 Å². The van der Waals surface area contributed by atoms with Gasteiger partial charge in [-0.25, -0.2) is 9.78 Å². The Bertz CT molecular complexity index is 1310. The molecule has 4 aromatic rings. The predicted molar refractivity (Wildman–Crippen MR) is 126 cm³/mol. The van der Waals surface area contributed by atoms with Gasteiger partial charge in [-0.1, -0.05) is 42.5 Å². The summed E-state index contributed by atoms with van der Waals surface area (Å²) < 4.78 is 7.36. The molecule has 2 aromatic carbocycles. The minimum atomic E-state index is -0.976. The number of morpholine rings is 1. The normalized spacial score (nSPS) is 14.1. The third-order valence-corrected chi connectivity index (χ3v) is 5.34. The highest BCUT2D eigenvalue weighted by atomic mass is 16.5. The molecule has 1 aliphatic rings. The smallest absolute Gasteiger partial charge is 0.335 e. The molecule has 3 heterocycles. The lowest BCUT2D eigenvalue weighted by molar-refractivity contribution is 0.0697. The van der Waals surface area contributed by atoms with E-state index >= 15 is 0 Å². The third-order valence-electron chi connectivity index (χ3n) is 5.34. The van der Waals surface area contributed by atoms with Crippen LogP contribution < -0.4 is 10.3 Å². The summed E-state index contributed by atoms with van der Waals surface area (Å²) in [5.41, 5.74) is 6.41. The van der Waals surface area contributed by atoms with E-state index in [2.05, 4.69) is 20.4 Å². The molecule has 0 saturated carbocycles. The topological polar surface area (TPSA) is 104 Å². The van der Waals surface area contributed by atoms with Gasteiger partial charge in [-0.05, 0) is 17.7 Å². The van der Waals surface area contributed by atoms with Crippen LogP contribution in [-0.2, 0) is 4.74 Å². The lowest BCUT2D eigenvalue weighted by Crippen LogP contribution is -2.37. The van der Waals surface area contributed by atoms with Crippen molar-refractivity contribution in [2.75, 3.05) is 36.6 Å². The number of carboxylic acid groups (broad SMARTS) is 1. The van der Waals surface area contributed by atoms with E-state index in [9.17, 15) is 4.79 Å². The molecule has 9 heteroatoms. The van der Waals surface area contributed by atoms with Crippen molar-refractivity contribution in [3.05, 3.63) is 77.9 Å². The number of aromatic carboxylic acids is 1. The van der Waals surface area contributed by atoms with Gasteiger partial charge >= 0.3 is 5.97 Å². The summed E-state index contributed by atoms with van der Waals surface area (Å²) in [6.45, 7) is 2.81. The highest BCUT2D eigenvalue weighted by Crippen LogP contribution is 2.25. The zero-order valence-corrected chi connectivity index (χ0v) is 17.8. The van der Waals surface area contributed by atoms with Crippen molar-refractivity contribution in [2.45, 2.75) is 0 Å². The molecule has 0 spiro atoms. The van der Waals surface area contributed by atoms with Gasteiger partial charge in [-0.15, -0.1) is 0 Å². The minimum Gasteiger partial charge on any atom is -0.478 e. The van der Waals surface area contributed by atoms with E-state index in [1.165, 1.54) is 0 Å². The standard InChI is InChI=1S/C24H22N6O3/c31-24(32)19-8-4-5-17(13-19)16-25-27-21-15-23(29-9-11-33-12-10-29)30-22(26-21)14-20(28-30)18-6-2-1-3-7-18/h1-8,13-16H,9-12H2,(H,26,27)(H,31,32)/b25-16+. The first kappa shape index (κ1) is 20.7. The highest BCUT2D eigenvalue weighted by molar-refractivity contribution is 5.91. The van der Waals surface area contributed by atoms with Crippen molar-refractivity contribution in [3.63, 3.8) is 0 Å². The SMILES string of the molecule is O=C(O)c1cccc(/C=N/Nc2cc(N3CCOCC3)n3nc(-c4ccccc4)cc3n2)c1. The molecule has 0 radical (unpaired) electrons. The maximum Gasteiger partial charge on any atom is 0.335 e. The largest absolute Gasteiger partial charge is 0.478 e. The number of ether oxygens (including phenoxy) is 1. The first-order valence-corrected chi connectivity index (χ1v) is 10.6. The lowest BCUT2D eigenvalue weighted by Gasteiger charge is -2.29. The highest BCUT2D eigenvalue weighted by Gasteiger charge is 2.18. The number of carbonyl (C=O) groups is 1. The molecule has 33 heavy (non-hydrogen) atoms. The van der Waals surface area contributed by atoms with Gasteiger partial charge in [0.05, 0.1) is 30.7 Å². The Hall–Kier alpha value is -4.24. The van der Waals surface area contributed by atoms with Crippen LogP contribution in [-0.4, -0.2) is 58.2 Å². The van der Waals surface area contributed by atoms with E-state index in [0.29, 0.717) is 30.2 Å². The molecule has 0 amide bonds. The van der Waals surface area contributed by atoms with Crippen LogP contribution in [0.2, 0.25) is 0 Å². The maximum atomic E-state index is 11.2. The molecule has 1 saturated heterocycles. The third kappa shape index (κ3) is 4.53. The second kappa shape index (κ2) is 9.09. The lowest BCUT2D eigenvalue weighted by atomic mass is 10.1. The summed E-state index contributed by atoms with van der Waals surface area (Å²) in [7, 11) is 0. The zero-order chi connectivity index (χ0) is 22.6. The minimum absolute atomic E-state index is 0.209. The summed E-state index contributed by atoms with van der Waals surface area (Å²) in [6, 6.07) is 20.4. The summed E-state index contributed by atoms with van der Waals surface area (Å²) >= 11 is 0. The van der Waals surface area contributed by atoms with Crippen LogP contribution in [0.25, 0.3) is 16.9 Å². The molecular weight excluding hydrogens is 420 g/mol. The van der Waals surface area contributed by atoms with E-state index in [4.69, 9.17) is 14.9 Å². The predicted octanol–water partition coefficient (Wildman–Crippen LogP) is 3.38. The van der Waals surface area contributed by atoms with Crippen molar-refractivity contribution in [3.8, 4) is 11.3 Å². The van der Waals surface area contributed by atoms with Crippen LogP contribution in [0.3, 0.4) is 0 Å². The van der Waals surface area contributed by atoms with Gasteiger partial charge in [-0.2, -0.15) is 14.7 Å². The Kier molecular flexibility index (Phi) is 5.69. The Morgan fingerprint density at radius 3 is 2.67 bits per heavy atom. The first-order chi connectivity index (χ1) is 16.2. The maximum absolute atomic E-state index is 11.2. The van der Waals surface area contributed by atoms with Gasteiger partial charge in [0, 0.05) is 30.8 Å². The number of nitrogens with one attached hydrogen (secondary N) is 1. The van der Waals surface area contributed by atoms with E-state index in [-0.39, 0.29) is 5.56 Å². The summed E-state index contributed by atoms with van der Waals surface area (Å²) in [6.07, 6.45) is 1.57. The number of hydrogen-bond donors (Lipinski definition) is 2. The van der Waals surface area contributed by atoms with Gasteiger partial charge in [0.15, 0.2) is 11.5 Å². The zero-order valence-electron chi connectivity index (χ0n) is 17.8. The number of rotatable bonds is 6. The number of hydrogen-bond acceptors (Lipinski definition) is 7. The van der Waals surface area contributed by atoms with Crippen molar-refractivity contribution in [1.82, 2.24) is 14.6 Å². The number of anilines is 2. The van der Waals surface area contributed by atoms with Gasteiger partial charge in [0.25, 0.3) is 0 Å². The number of benzene rings is 2. The fourth-order valence-corrected chi connectivity index (χ4v) is 3.71. The van der Waals surface area contributed by atoms with Crippen LogP contribution in [0.5, 0.6) is 0 Å². The number of carboxylic acids is 1. The molecule has 5 rings (SSSR count). The van der Waals surface area contributed by atoms with E-state index in [1.54, 1.807) is 30.5 Å². The Morgan fingerprint density at radius 1 is 1.06 bits per heavy atom. The van der Waals surface area contributed by atoms with Crippen LogP contribution in [0, 0.1) is 0 Å². The van der Waals surface area contributed by atoms with Crippen LogP contribution in [0.1, 0.15) is 15.9 Å². The summed E-state index contributed by atoms with van der Waals surface area (Å²) in [4.78, 5) is 18.1. The van der Waals surface area contributed by atoms with Gasteiger partial charge in [0.1, 0.15) is 5.82 Å². The number of nitrogens with zero attached hydrogens (tertiary/aromatic N) is 5. The second-order valence-electron chi connectivity index (χ2n) is 7.57.